The topological polar surface area (TPSA) is 38.5 Å². The summed E-state index contributed by atoms with van der Waals surface area (Å²) in [6.07, 6.45) is 2.41. The molecule has 1 aliphatic heterocycles. The van der Waals surface area contributed by atoms with E-state index in [1.54, 1.807) is 0 Å². The first-order chi connectivity index (χ1) is 9.15. The summed E-state index contributed by atoms with van der Waals surface area (Å²) in [6.45, 7) is 9.11. The van der Waals surface area contributed by atoms with E-state index < -0.39 is 0 Å². The Morgan fingerprint density at radius 2 is 2.16 bits per heavy atom. The van der Waals surface area contributed by atoms with Crippen molar-refractivity contribution in [3.05, 3.63) is 24.3 Å². The van der Waals surface area contributed by atoms with E-state index in [9.17, 15) is 0 Å². The first-order valence-electron chi connectivity index (χ1n) is 7.36. The summed E-state index contributed by atoms with van der Waals surface area (Å²) in [6, 6.07) is 7.65. The molecule has 0 aromatic heterocycles. The zero-order chi connectivity index (χ0) is 13.7. The van der Waals surface area contributed by atoms with Gasteiger partial charge >= 0.3 is 0 Å². The van der Waals surface area contributed by atoms with Crippen molar-refractivity contribution in [3.8, 4) is 5.75 Å². The molecule has 3 nitrogen and oxygen atoms in total. The van der Waals surface area contributed by atoms with Gasteiger partial charge in [0.15, 0.2) is 0 Å². The summed E-state index contributed by atoms with van der Waals surface area (Å²) in [5, 5.41) is 0. The van der Waals surface area contributed by atoms with Crippen LogP contribution in [0.3, 0.4) is 0 Å². The molecule has 0 radical (unpaired) electrons. The highest BCUT2D eigenvalue weighted by Crippen LogP contribution is 2.22. The Morgan fingerprint density at radius 1 is 1.32 bits per heavy atom. The van der Waals surface area contributed by atoms with E-state index in [1.165, 1.54) is 19.5 Å². The molecule has 0 spiro atoms. The molecule has 1 aromatic carbocycles. The summed E-state index contributed by atoms with van der Waals surface area (Å²) in [5.74, 6) is 2.57. The number of hydrogen-bond acceptors (Lipinski definition) is 3. The SMILES string of the molecule is CC1CCN(CCCOc2cccc(N)c2)CC1C. The lowest BCUT2D eigenvalue weighted by Crippen LogP contribution is -2.39. The van der Waals surface area contributed by atoms with Crippen molar-refractivity contribution in [3.63, 3.8) is 0 Å². The number of piperidine rings is 1. The zero-order valence-corrected chi connectivity index (χ0v) is 12.1. The van der Waals surface area contributed by atoms with Crippen molar-refractivity contribution < 1.29 is 4.74 Å². The van der Waals surface area contributed by atoms with E-state index in [2.05, 4.69) is 18.7 Å². The monoisotopic (exact) mass is 262 g/mol. The molecule has 1 aromatic rings. The maximum atomic E-state index is 5.72. The molecule has 0 aliphatic carbocycles. The van der Waals surface area contributed by atoms with Crippen LogP contribution < -0.4 is 10.5 Å². The molecule has 3 heteroatoms. The molecule has 1 heterocycles. The smallest absolute Gasteiger partial charge is 0.121 e. The molecule has 2 unspecified atom stereocenters. The number of nitrogens with two attached hydrogens (primary N) is 1. The van der Waals surface area contributed by atoms with Crippen LogP contribution in [-0.2, 0) is 0 Å². The summed E-state index contributed by atoms with van der Waals surface area (Å²) in [4.78, 5) is 2.56. The maximum absolute atomic E-state index is 5.72. The lowest BCUT2D eigenvalue weighted by Gasteiger charge is -2.35. The number of benzene rings is 1. The molecule has 1 fully saturated rings. The van der Waals surface area contributed by atoms with Crippen LogP contribution in [0.15, 0.2) is 24.3 Å². The minimum Gasteiger partial charge on any atom is -0.493 e. The van der Waals surface area contributed by atoms with Crippen molar-refractivity contribution in [1.29, 1.82) is 0 Å². The molecule has 2 rings (SSSR count). The minimum absolute atomic E-state index is 0.761. The van der Waals surface area contributed by atoms with E-state index in [4.69, 9.17) is 10.5 Å². The average Bonchev–Trinajstić information content (AvgIpc) is 2.39. The Labute approximate surface area is 116 Å². The van der Waals surface area contributed by atoms with Gasteiger partial charge in [0, 0.05) is 24.8 Å². The van der Waals surface area contributed by atoms with Crippen LogP contribution in [-0.4, -0.2) is 31.1 Å². The van der Waals surface area contributed by atoms with Crippen molar-refractivity contribution in [2.75, 3.05) is 32.0 Å². The second kappa shape index (κ2) is 6.80. The third-order valence-corrected chi connectivity index (χ3v) is 4.16. The van der Waals surface area contributed by atoms with Crippen LogP contribution in [0.2, 0.25) is 0 Å². The van der Waals surface area contributed by atoms with Gasteiger partial charge in [-0.15, -0.1) is 0 Å². The van der Waals surface area contributed by atoms with Gasteiger partial charge in [0.1, 0.15) is 5.75 Å². The van der Waals surface area contributed by atoms with E-state index in [-0.39, 0.29) is 0 Å². The summed E-state index contributed by atoms with van der Waals surface area (Å²) in [5.41, 5.74) is 6.48. The minimum atomic E-state index is 0.761. The Hall–Kier alpha value is -1.22. The molecule has 0 amide bonds. The zero-order valence-electron chi connectivity index (χ0n) is 12.1. The number of anilines is 1. The Kier molecular flexibility index (Phi) is 5.08. The van der Waals surface area contributed by atoms with Crippen LogP contribution in [0.5, 0.6) is 5.75 Å². The second-order valence-electron chi connectivity index (χ2n) is 5.82. The number of rotatable bonds is 5. The third kappa shape index (κ3) is 4.43. The highest BCUT2D eigenvalue weighted by molar-refractivity contribution is 5.43. The average molecular weight is 262 g/mol. The van der Waals surface area contributed by atoms with Gasteiger partial charge in [-0.2, -0.15) is 0 Å². The van der Waals surface area contributed by atoms with E-state index in [1.807, 2.05) is 24.3 Å². The Balaban J connectivity index is 1.64. The molecule has 2 N–H and O–H groups in total. The first kappa shape index (κ1) is 14.2. The number of hydrogen-bond donors (Lipinski definition) is 1. The lowest BCUT2D eigenvalue weighted by atomic mass is 9.89. The summed E-state index contributed by atoms with van der Waals surface area (Å²) in [7, 11) is 0. The molecular weight excluding hydrogens is 236 g/mol. The summed E-state index contributed by atoms with van der Waals surface area (Å²) < 4.78 is 5.72. The van der Waals surface area contributed by atoms with Crippen LogP contribution in [0.1, 0.15) is 26.7 Å². The summed E-state index contributed by atoms with van der Waals surface area (Å²) >= 11 is 0. The fourth-order valence-corrected chi connectivity index (χ4v) is 2.63. The van der Waals surface area contributed by atoms with Gasteiger partial charge in [-0.3, -0.25) is 0 Å². The number of nitrogen functional groups attached to an aromatic ring is 1. The van der Waals surface area contributed by atoms with Gasteiger partial charge in [-0.1, -0.05) is 19.9 Å². The van der Waals surface area contributed by atoms with Gasteiger partial charge in [0.05, 0.1) is 6.61 Å². The predicted molar refractivity (Wildman–Crippen MR) is 80.4 cm³/mol. The quantitative estimate of drug-likeness (QED) is 0.655. The predicted octanol–water partition coefficient (Wildman–Crippen LogP) is 3.02. The molecule has 1 saturated heterocycles. The fraction of sp³-hybridized carbons (Fsp3) is 0.625. The van der Waals surface area contributed by atoms with Crippen LogP contribution >= 0.6 is 0 Å². The van der Waals surface area contributed by atoms with Crippen molar-refractivity contribution in [1.82, 2.24) is 4.90 Å². The van der Waals surface area contributed by atoms with Gasteiger partial charge in [-0.25, -0.2) is 0 Å². The van der Waals surface area contributed by atoms with Crippen LogP contribution in [0.25, 0.3) is 0 Å². The number of likely N-dealkylation sites (tertiary alicyclic amines) is 1. The van der Waals surface area contributed by atoms with Crippen molar-refractivity contribution >= 4 is 5.69 Å². The molecular formula is C16H26N2O. The normalized spacial score (nSPS) is 24.3. The molecule has 1 aliphatic rings. The lowest BCUT2D eigenvalue weighted by molar-refractivity contribution is 0.130. The van der Waals surface area contributed by atoms with Crippen molar-refractivity contribution in [2.24, 2.45) is 11.8 Å². The molecule has 0 bridgehead atoms. The van der Waals surface area contributed by atoms with E-state index in [0.717, 1.165) is 42.8 Å². The Bertz CT molecular complexity index is 394. The van der Waals surface area contributed by atoms with Gasteiger partial charge in [-0.05, 0) is 43.4 Å². The number of ether oxygens (including phenoxy) is 1. The van der Waals surface area contributed by atoms with Crippen LogP contribution in [0.4, 0.5) is 5.69 Å². The molecule has 19 heavy (non-hydrogen) atoms. The van der Waals surface area contributed by atoms with Crippen molar-refractivity contribution in [2.45, 2.75) is 26.7 Å². The van der Waals surface area contributed by atoms with E-state index in [0.29, 0.717) is 0 Å². The van der Waals surface area contributed by atoms with Crippen LogP contribution in [0, 0.1) is 11.8 Å². The third-order valence-electron chi connectivity index (χ3n) is 4.16. The fourth-order valence-electron chi connectivity index (χ4n) is 2.63. The Morgan fingerprint density at radius 3 is 2.89 bits per heavy atom. The number of nitrogens with zero attached hydrogens (tertiary/aromatic N) is 1. The molecule has 106 valence electrons. The molecule has 0 saturated carbocycles. The highest BCUT2D eigenvalue weighted by Gasteiger charge is 2.21. The van der Waals surface area contributed by atoms with Gasteiger partial charge in [0.25, 0.3) is 0 Å². The first-order valence-corrected chi connectivity index (χ1v) is 7.36. The van der Waals surface area contributed by atoms with E-state index >= 15 is 0 Å². The largest absolute Gasteiger partial charge is 0.493 e. The second-order valence-corrected chi connectivity index (χ2v) is 5.82. The van der Waals surface area contributed by atoms with Gasteiger partial charge < -0.3 is 15.4 Å². The standard InChI is InChI=1S/C16H26N2O/c1-13-7-9-18(12-14(13)2)8-4-10-19-16-6-3-5-15(17)11-16/h3,5-6,11,13-14H,4,7-10,12,17H2,1-2H3. The van der Waals surface area contributed by atoms with Gasteiger partial charge in [0.2, 0.25) is 0 Å². The highest BCUT2D eigenvalue weighted by atomic mass is 16.5. The molecule has 2 atom stereocenters. The maximum Gasteiger partial charge on any atom is 0.121 e.